The molecule has 2 rings (SSSR count). The number of carbonyl (C=O) groups excluding carboxylic acids is 1. The minimum absolute atomic E-state index is 0. The van der Waals surface area contributed by atoms with Crippen LogP contribution in [-0.2, 0) is 4.74 Å². The van der Waals surface area contributed by atoms with Crippen molar-refractivity contribution in [2.24, 2.45) is 0 Å². The van der Waals surface area contributed by atoms with Crippen LogP contribution in [0.5, 0.6) is 0 Å². The second-order valence-corrected chi connectivity index (χ2v) is 5.37. The fourth-order valence-corrected chi connectivity index (χ4v) is 2.58. The van der Waals surface area contributed by atoms with Gasteiger partial charge in [-0.1, -0.05) is 37.5 Å². The van der Waals surface area contributed by atoms with Gasteiger partial charge in [0.2, 0.25) is 0 Å². The Kier molecular flexibility index (Phi) is 7.63. The first-order valence-electron chi connectivity index (χ1n) is 7.24. The van der Waals surface area contributed by atoms with Crippen LogP contribution in [-0.4, -0.2) is 24.7 Å². The lowest BCUT2D eigenvalue weighted by Crippen LogP contribution is -2.40. The van der Waals surface area contributed by atoms with Crippen molar-refractivity contribution in [1.29, 1.82) is 0 Å². The van der Waals surface area contributed by atoms with Crippen LogP contribution in [0.3, 0.4) is 0 Å². The molecule has 1 aromatic carbocycles. The fraction of sp³-hybridized carbons (Fsp3) is 0.562. The number of esters is 1. The molecule has 1 aliphatic carbocycles. The number of halogens is 1. The summed E-state index contributed by atoms with van der Waals surface area (Å²) in [5, 5.41) is 3.55. The lowest BCUT2D eigenvalue weighted by molar-refractivity contribution is 0.0464. The molecule has 0 radical (unpaired) electrons. The molecule has 1 aromatic rings. The quantitative estimate of drug-likeness (QED) is 0.844. The van der Waals surface area contributed by atoms with E-state index < -0.39 is 0 Å². The topological polar surface area (TPSA) is 38.3 Å². The van der Waals surface area contributed by atoms with Gasteiger partial charge in [0.15, 0.2) is 0 Å². The summed E-state index contributed by atoms with van der Waals surface area (Å²) >= 11 is 0. The lowest BCUT2D eigenvalue weighted by Gasteiger charge is -2.26. The van der Waals surface area contributed by atoms with E-state index in [1.54, 1.807) is 12.1 Å². The molecule has 1 saturated carbocycles. The van der Waals surface area contributed by atoms with E-state index in [-0.39, 0.29) is 24.4 Å². The second kappa shape index (κ2) is 8.98. The Morgan fingerprint density at radius 2 is 1.90 bits per heavy atom. The van der Waals surface area contributed by atoms with Gasteiger partial charge in [0.25, 0.3) is 0 Å². The summed E-state index contributed by atoms with van der Waals surface area (Å²) in [6.45, 7) is 2.51. The number of carbonyl (C=O) groups is 1. The summed E-state index contributed by atoms with van der Waals surface area (Å²) < 4.78 is 5.33. The maximum atomic E-state index is 11.8. The van der Waals surface area contributed by atoms with E-state index in [0.717, 1.165) is 0 Å². The van der Waals surface area contributed by atoms with Crippen molar-refractivity contribution in [2.45, 2.75) is 51.1 Å². The number of hydrogen-bond donors (Lipinski definition) is 1. The van der Waals surface area contributed by atoms with E-state index in [0.29, 0.717) is 18.2 Å². The number of benzene rings is 1. The molecule has 4 heteroatoms. The van der Waals surface area contributed by atoms with Crippen LogP contribution in [0, 0.1) is 0 Å². The van der Waals surface area contributed by atoms with E-state index in [1.807, 2.05) is 18.2 Å². The normalized spacial score (nSPS) is 17.1. The molecular formula is C16H24ClNO2. The van der Waals surface area contributed by atoms with E-state index in [9.17, 15) is 4.79 Å². The van der Waals surface area contributed by atoms with Crippen molar-refractivity contribution in [2.75, 3.05) is 6.61 Å². The fourth-order valence-electron chi connectivity index (χ4n) is 2.58. The average Bonchev–Trinajstić information content (AvgIpc) is 2.47. The molecule has 20 heavy (non-hydrogen) atoms. The Morgan fingerprint density at radius 3 is 2.55 bits per heavy atom. The molecule has 0 spiro atoms. The third-order valence-electron chi connectivity index (χ3n) is 3.60. The second-order valence-electron chi connectivity index (χ2n) is 5.37. The van der Waals surface area contributed by atoms with Crippen molar-refractivity contribution < 1.29 is 9.53 Å². The summed E-state index contributed by atoms with van der Waals surface area (Å²) in [7, 11) is 0. The van der Waals surface area contributed by atoms with Crippen LogP contribution in [0.2, 0.25) is 0 Å². The van der Waals surface area contributed by atoms with Crippen LogP contribution in [0.4, 0.5) is 0 Å². The van der Waals surface area contributed by atoms with Gasteiger partial charge < -0.3 is 10.1 Å². The Morgan fingerprint density at radius 1 is 1.25 bits per heavy atom. The lowest BCUT2D eigenvalue weighted by atomic mass is 9.95. The van der Waals surface area contributed by atoms with Gasteiger partial charge in [0.05, 0.1) is 5.56 Å². The summed E-state index contributed by atoms with van der Waals surface area (Å²) in [5.74, 6) is -0.238. The van der Waals surface area contributed by atoms with Crippen molar-refractivity contribution in [3.8, 4) is 0 Å². The van der Waals surface area contributed by atoms with Gasteiger partial charge in [0.1, 0.15) is 6.61 Å². The van der Waals surface area contributed by atoms with Crippen molar-refractivity contribution in [3.63, 3.8) is 0 Å². The molecule has 0 aromatic heterocycles. The number of nitrogens with one attached hydrogen (secondary N) is 1. The molecule has 1 atom stereocenters. The molecule has 0 saturated heterocycles. The van der Waals surface area contributed by atoms with Crippen LogP contribution in [0.1, 0.15) is 49.4 Å². The van der Waals surface area contributed by atoms with Gasteiger partial charge >= 0.3 is 5.97 Å². The van der Waals surface area contributed by atoms with Gasteiger partial charge in [-0.3, -0.25) is 0 Å². The van der Waals surface area contributed by atoms with E-state index in [2.05, 4.69) is 12.2 Å². The molecule has 112 valence electrons. The molecule has 1 aliphatic rings. The predicted molar refractivity (Wildman–Crippen MR) is 83.4 cm³/mol. The molecule has 1 N–H and O–H groups in total. The third kappa shape index (κ3) is 5.51. The smallest absolute Gasteiger partial charge is 0.338 e. The number of hydrogen-bond acceptors (Lipinski definition) is 3. The Labute approximate surface area is 127 Å². The highest BCUT2D eigenvalue weighted by Crippen LogP contribution is 2.17. The predicted octanol–water partition coefficient (Wildman–Crippen LogP) is 3.58. The van der Waals surface area contributed by atoms with Crippen molar-refractivity contribution in [3.05, 3.63) is 35.9 Å². The van der Waals surface area contributed by atoms with E-state index in [1.165, 1.54) is 32.1 Å². The molecule has 1 unspecified atom stereocenters. The Bertz CT molecular complexity index is 391. The number of rotatable bonds is 5. The Hall–Kier alpha value is -1.06. The van der Waals surface area contributed by atoms with Crippen LogP contribution >= 0.6 is 12.4 Å². The first kappa shape index (κ1) is 17.0. The Balaban J connectivity index is 0.00000200. The zero-order valence-electron chi connectivity index (χ0n) is 12.0. The molecule has 1 fully saturated rings. The molecule has 0 bridgehead atoms. The molecule has 0 aliphatic heterocycles. The largest absolute Gasteiger partial charge is 0.460 e. The van der Waals surface area contributed by atoms with Gasteiger partial charge in [-0.25, -0.2) is 4.79 Å². The molecule has 0 heterocycles. The van der Waals surface area contributed by atoms with E-state index >= 15 is 0 Å². The minimum Gasteiger partial charge on any atom is -0.460 e. The van der Waals surface area contributed by atoms with E-state index in [4.69, 9.17) is 4.74 Å². The highest BCUT2D eigenvalue weighted by atomic mass is 35.5. The molecule has 0 amide bonds. The summed E-state index contributed by atoms with van der Waals surface area (Å²) in [6.07, 6.45) is 6.48. The first-order valence-corrected chi connectivity index (χ1v) is 7.24. The maximum Gasteiger partial charge on any atom is 0.338 e. The van der Waals surface area contributed by atoms with Gasteiger partial charge in [-0.15, -0.1) is 12.4 Å². The summed E-state index contributed by atoms with van der Waals surface area (Å²) in [4.78, 5) is 11.8. The van der Waals surface area contributed by atoms with Crippen LogP contribution in [0.25, 0.3) is 0 Å². The molecule has 3 nitrogen and oxygen atoms in total. The van der Waals surface area contributed by atoms with Crippen molar-refractivity contribution >= 4 is 18.4 Å². The number of ether oxygens (including phenoxy) is 1. The highest BCUT2D eigenvalue weighted by molar-refractivity contribution is 5.89. The van der Waals surface area contributed by atoms with Crippen molar-refractivity contribution in [1.82, 2.24) is 5.32 Å². The zero-order valence-corrected chi connectivity index (χ0v) is 12.8. The summed E-state index contributed by atoms with van der Waals surface area (Å²) in [5.41, 5.74) is 0.618. The minimum atomic E-state index is -0.238. The van der Waals surface area contributed by atoms with Gasteiger partial charge in [-0.05, 0) is 31.9 Å². The SMILES string of the molecule is CC(COC(=O)c1ccccc1)NC1CCCCC1.Cl. The van der Waals surface area contributed by atoms with Crippen LogP contribution in [0.15, 0.2) is 30.3 Å². The standard InChI is InChI=1S/C16H23NO2.ClH/c1-13(17-15-10-6-3-7-11-15)12-19-16(18)14-8-4-2-5-9-14;/h2,4-5,8-9,13,15,17H,3,6-7,10-12H2,1H3;1H. The van der Waals surface area contributed by atoms with Gasteiger partial charge in [0, 0.05) is 12.1 Å². The van der Waals surface area contributed by atoms with Gasteiger partial charge in [-0.2, -0.15) is 0 Å². The average molecular weight is 298 g/mol. The first-order chi connectivity index (χ1) is 9.25. The van der Waals surface area contributed by atoms with Crippen LogP contribution < -0.4 is 5.32 Å². The highest BCUT2D eigenvalue weighted by Gasteiger charge is 2.16. The monoisotopic (exact) mass is 297 g/mol. The maximum absolute atomic E-state index is 11.8. The summed E-state index contributed by atoms with van der Waals surface area (Å²) in [6, 6.07) is 9.96. The third-order valence-corrected chi connectivity index (χ3v) is 3.60. The zero-order chi connectivity index (χ0) is 13.5. The molecular weight excluding hydrogens is 274 g/mol.